The summed E-state index contributed by atoms with van der Waals surface area (Å²) in [4.78, 5) is 13.2. The summed E-state index contributed by atoms with van der Waals surface area (Å²) in [6, 6.07) is 0.436. The molecule has 3 rings (SSSR count). The van der Waals surface area contributed by atoms with Crippen LogP contribution in [0.2, 0.25) is 11.1 Å². The van der Waals surface area contributed by atoms with Crippen molar-refractivity contribution >= 4 is 13.2 Å². The van der Waals surface area contributed by atoms with Crippen LogP contribution in [0.25, 0.3) is 0 Å². The first kappa shape index (κ1) is 27.1. The van der Waals surface area contributed by atoms with Crippen LogP contribution in [0.5, 0.6) is 0 Å². The predicted octanol–water partition coefficient (Wildman–Crippen LogP) is 9.02. The van der Waals surface area contributed by atoms with E-state index in [1.54, 1.807) is 0 Å². The maximum absolute atomic E-state index is 13.2. The average Bonchev–Trinajstić information content (AvgIpc) is 2.74. The Morgan fingerprint density at radius 1 is 0.606 bits per heavy atom. The highest BCUT2D eigenvalue weighted by atomic mass is 16.1. The summed E-state index contributed by atoms with van der Waals surface area (Å²) in [7, 11) is 2.77. The van der Waals surface area contributed by atoms with Gasteiger partial charge in [-0.1, -0.05) is 141 Å². The number of hydrogen-bond acceptors (Lipinski definition) is 1. The van der Waals surface area contributed by atoms with Crippen LogP contribution in [0.15, 0.2) is 0 Å². The Balaban J connectivity index is 1.43. The SMILES string of the molecule is CC(C)([B]C1CCCCCCC1)C1CCCC(C(=O)NC2CCCCCCCCC2)CCC1. The van der Waals surface area contributed by atoms with Crippen molar-refractivity contribution in [3.63, 3.8) is 0 Å². The standard InChI is InChI=1S/C30H55BNO/c1-30(2,31-27-21-11-7-6-8-12-22-27)26-19-15-17-25(18-16-20-26)29(33)32-28-23-13-9-4-3-5-10-14-24-28/h25-28H,3-24H2,1-2H3,(H,32,33). The molecule has 0 aromatic carbocycles. The van der Waals surface area contributed by atoms with Crippen LogP contribution in [0, 0.1) is 11.8 Å². The van der Waals surface area contributed by atoms with Gasteiger partial charge in [-0.25, -0.2) is 0 Å². The fourth-order valence-electron chi connectivity index (χ4n) is 7.19. The lowest BCUT2D eigenvalue weighted by Gasteiger charge is -2.39. The molecule has 0 aromatic rings. The van der Waals surface area contributed by atoms with E-state index in [0.717, 1.165) is 24.6 Å². The minimum absolute atomic E-state index is 0.263. The molecule has 1 radical (unpaired) electrons. The van der Waals surface area contributed by atoms with Gasteiger partial charge in [0, 0.05) is 12.0 Å². The number of carbonyl (C=O) groups excluding carboxylic acids is 1. The van der Waals surface area contributed by atoms with E-state index in [0.29, 0.717) is 17.3 Å². The first-order valence-corrected chi connectivity index (χ1v) is 15.2. The second-order valence-electron chi connectivity index (χ2n) is 12.6. The van der Waals surface area contributed by atoms with Gasteiger partial charge in [-0.15, -0.1) is 0 Å². The minimum atomic E-state index is 0.263. The zero-order valence-corrected chi connectivity index (χ0v) is 22.4. The summed E-state index contributed by atoms with van der Waals surface area (Å²) in [6.07, 6.45) is 29.2. The molecule has 0 heterocycles. The second-order valence-corrected chi connectivity index (χ2v) is 12.6. The summed E-state index contributed by atoms with van der Waals surface area (Å²) in [5, 5.41) is 3.86. The first-order valence-electron chi connectivity index (χ1n) is 15.2. The van der Waals surface area contributed by atoms with Crippen molar-refractivity contribution in [3.8, 4) is 0 Å². The van der Waals surface area contributed by atoms with Crippen molar-refractivity contribution in [2.75, 3.05) is 0 Å². The lowest BCUT2D eigenvalue weighted by atomic mass is 9.41. The van der Waals surface area contributed by atoms with Gasteiger partial charge in [-0.3, -0.25) is 4.79 Å². The second kappa shape index (κ2) is 14.8. The molecule has 3 heteroatoms. The molecule has 0 aromatic heterocycles. The van der Waals surface area contributed by atoms with Crippen molar-refractivity contribution in [1.29, 1.82) is 0 Å². The lowest BCUT2D eigenvalue weighted by Crippen LogP contribution is -2.39. The number of amides is 1. The molecule has 0 unspecified atom stereocenters. The van der Waals surface area contributed by atoms with Crippen LogP contribution < -0.4 is 5.32 Å². The molecule has 0 spiro atoms. The summed E-state index contributed by atoms with van der Waals surface area (Å²) in [5.74, 6) is 2.28. The maximum atomic E-state index is 13.2. The van der Waals surface area contributed by atoms with Gasteiger partial charge in [-0.2, -0.15) is 0 Å². The third-order valence-electron chi connectivity index (χ3n) is 9.40. The van der Waals surface area contributed by atoms with Gasteiger partial charge in [0.25, 0.3) is 0 Å². The van der Waals surface area contributed by atoms with E-state index in [1.807, 2.05) is 0 Å². The van der Waals surface area contributed by atoms with Crippen molar-refractivity contribution in [1.82, 2.24) is 5.32 Å². The zero-order chi connectivity index (χ0) is 23.4. The van der Waals surface area contributed by atoms with Gasteiger partial charge in [-0.05, 0) is 31.6 Å². The van der Waals surface area contributed by atoms with Crippen LogP contribution >= 0.6 is 0 Å². The van der Waals surface area contributed by atoms with Gasteiger partial charge in [0.2, 0.25) is 5.91 Å². The van der Waals surface area contributed by atoms with E-state index in [9.17, 15) is 4.79 Å². The number of nitrogens with one attached hydrogen (secondary N) is 1. The molecule has 3 aliphatic carbocycles. The van der Waals surface area contributed by atoms with E-state index in [4.69, 9.17) is 0 Å². The Morgan fingerprint density at radius 3 is 1.58 bits per heavy atom. The molecule has 1 amide bonds. The minimum Gasteiger partial charge on any atom is -0.353 e. The van der Waals surface area contributed by atoms with Gasteiger partial charge in [0.1, 0.15) is 7.28 Å². The Labute approximate surface area is 207 Å². The molecule has 3 aliphatic rings. The lowest BCUT2D eigenvalue weighted by molar-refractivity contribution is -0.126. The van der Waals surface area contributed by atoms with Crippen LogP contribution in [-0.4, -0.2) is 19.2 Å². The van der Waals surface area contributed by atoms with Crippen molar-refractivity contribution in [2.24, 2.45) is 11.8 Å². The smallest absolute Gasteiger partial charge is 0.223 e. The molecule has 189 valence electrons. The molecule has 0 saturated heterocycles. The highest BCUT2D eigenvalue weighted by Crippen LogP contribution is 2.46. The van der Waals surface area contributed by atoms with Crippen LogP contribution in [0.4, 0.5) is 0 Å². The third kappa shape index (κ3) is 9.97. The largest absolute Gasteiger partial charge is 0.353 e. The summed E-state index contributed by atoms with van der Waals surface area (Å²) in [5.41, 5.74) is 0. The fraction of sp³-hybridized carbons (Fsp3) is 0.967. The normalized spacial score (nSPS) is 28.5. The average molecular weight is 457 g/mol. The highest BCUT2D eigenvalue weighted by molar-refractivity contribution is 6.41. The van der Waals surface area contributed by atoms with Crippen molar-refractivity contribution in [2.45, 2.75) is 172 Å². The van der Waals surface area contributed by atoms with Crippen LogP contribution in [0.1, 0.15) is 155 Å². The Bertz CT molecular complexity index is 519. The monoisotopic (exact) mass is 456 g/mol. The topological polar surface area (TPSA) is 29.1 Å². The quantitative estimate of drug-likeness (QED) is 0.411. The summed E-state index contributed by atoms with van der Waals surface area (Å²) >= 11 is 0. The molecule has 2 nitrogen and oxygen atoms in total. The molecule has 0 atom stereocenters. The van der Waals surface area contributed by atoms with E-state index < -0.39 is 0 Å². The van der Waals surface area contributed by atoms with Crippen molar-refractivity contribution < 1.29 is 4.79 Å². The zero-order valence-electron chi connectivity index (χ0n) is 22.4. The molecular formula is C30H55BNO. The molecule has 1 N–H and O–H groups in total. The number of carbonyl (C=O) groups is 1. The number of hydrogen-bond donors (Lipinski definition) is 1. The Morgan fingerprint density at radius 2 is 1.06 bits per heavy atom. The van der Waals surface area contributed by atoms with Gasteiger partial charge < -0.3 is 5.32 Å². The number of rotatable bonds is 5. The van der Waals surface area contributed by atoms with Gasteiger partial charge >= 0.3 is 0 Å². The van der Waals surface area contributed by atoms with E-state index in [2.05, 4.69) is 26.4 Å². The van der Waals surface area contributed by atoms with Crippen LogP contribution in [-0.2, 0) is 4.79 Å². The molecule has 3 saturated carbocycles. The molecule has 3 fully saturated rings. The third-order valence-corrected chi connectivity index (χ3v) is 9.40. The Hall–Kier alpha value is -0.465. The molecule has 0 aliphatic heterocycles. The molecule has 0 bridgehead atoms. The van der Waals surface area contributed by atoms with E-state index >= 15 is 0 Å². The summed E-state index contributed by atoms with van der Waals surface area (Å²) < 4.78 is 0. The van der Waals surface area contributed by atoms with Gasteiger partial charge in [0.05, 0.1) is 0 Å². The Kier molecular flexibility index (Phi) is 12.2. The summed E-state index contributed by atoms with van der Waals surface area (Å²) in [6.45, 7) is 5.03. The van der Waals surface area contributed by atoms with E-state index in [-0.39, 0.29) is 5.92 Å². The molecular weight excluding hydrogens is 401 g/mol. The maximum Gasteiger partial charge on any atom is 0.223 e. The van der Waals surface area contributed by atoms with Gasteiger partial charge in [0.15, 0.2) is 0 Å². The first-order chi connectivity index (χ1) is 16.0. The molecule has 33 heavy (non-hydrogen) atoms. The fourth-order valence-corrected chi connectivity index (χ4v) is 7.19. The highest BCUT2D eigenvalue weighted by Gasteiger charge is 2.34. The predicted molar refractivity (Wildman–Crippen MR) is 144 cm³/mol. The van der Waals surface area contributed by atoms with E-state index in [1.165, 1.54) is 128 Å². The van der Waals surface area contributed by atoms with Crippen LogP contribution in [0.3, 0.4) is 0 Å². The van der Waals surface area contributed by atoms with Crippen molar-refractivity contribution in [3.05, 3.63) is 0 Å².